The van der Waals surface area contributed by atoms with Crippen molar-refractivity contribution in [3.8, 4) is 22.6 Å². The molecule has 2 amide bonds. The summed E-state index contributed by atoms with van der Waals surface area (Å²) in [6.45, 7) is 2.62. The van der Waals surface area contributed by atoms with Gasteiger partial charge in [0, 0.05) is 36.2 Å². The maximum atomic E-state index is 13.5. The van der Waals surface area contributed by atoms with E-state index in [0.717, 1.165) is 5.56 Å². The first kappa shape index (κ1) is 23.5. The smallest absolute Gasteiger partial charge is 0.328 e. The second-order valence-electron chi connectivity index (χ2n) is 8.53. The summed E-state index contributed by atoms with van der Waals surface area (Å²) in [6.07, 6.45) is 6.38. The van der Waals surface area contributed by atoms with Crippen molar-refractivity contribution < 1.29 is 17.6 Å². The van der Waals surface area contributed by atoms with Gasteiger partial charge in [-0.15, -0.1) is 0 Å². The predicted octanol–water partition coefficient (Wildman–Crippen LogP) is 4.44. The molecular formula is C25H24N6O4S. The van der Waals surface area contributed by atoms with Crippen LogP contribution in [0.3, 0.4) is 0 Å². The van der Waals surface area contributed by atoms with E-state index >= 15 is 0 Å². The molecule has 10 nitrogen and oxygen atoms in total. The highest BCUT2D eigenvalue weighted by Gasteiger charge is 2.29. The minimum atomic E-state index is -3.38. The van der Waals surface area contributed by atoms with E-state index in [1.165, 1.54) is 12.6 Å². The average Bonchev–Trinajstić information content (AvgIpc) is 3.34. The fraction of sp³-hybridized carbons (Fsp3) is 0.200. The summed E-state index contributed by atoms with van der Waals surface area (Å²) in [6, 6.07) is 13.2. The van der Waals surface area contributed by atoms with Crippen LogP contribution < -0.4 is 15.5 Å². The maximum absolute atomic E-state index is 13.5. The summed E-state index contributed by atoms with van der Waals surface area (Å²) in [5, 5.41) is 6.20. The monoisotopic (exact) mass is 504 g/mol. The lowest BCUT2D eigenvalue weighted by Crippen LogP contribution is -2.42. The first-order valence-corrected chi connectivity index (χ1v) is 13.2. The van der Waals surface area contributed by atoms with Gasteiger partial charge in [0.25, 0.3) is 0 Å². The largest absolute Gasteiger partial charge is 0.444 e. The summed E-state index contributed by atoms with van der Waals surface area (Å²) in [4.78, 5) is 28.3. The molecule has 0 saturated carbocycles. The number of hydrogen-bond acceptors (Lipinski definition) is 8. The molecule has 1 atom stereocenters. The van der Waals surface area contributed by atoms with Gasteiger partial charge in [0.05, 0.1) is 22.5 Å². The number of carbonyl (C=O) groups is 1. The SMILES string of the molecule is C[C@@H]1CCNc2ccc(-c3cccc(S(C)(=O)=O)c3)nc2N1C(=O)Nc1cc(-c2cnco2)ccn1. The number of carbonyl (C=O) groups excluding carboxylic acids is 1. The van der Waals surface area contributed by atoms with Gasteiger partial charge in [-0.05, 0) is 49.7 Å². The van der Waals surface area contributed by atoms with Crippen molar-refractivity contribution in [3.05, 3.63) is 67.3 Å². The molecule has 184 valence electrons. The van der Waals surface area contributed by atoms with Gasteiger partial charge in [-0.3, -0.25) is 10.2 Å². The number of pyridine rings is 2. The van der Waals surface area contributed by atoms with E-state index in [-0.39, 0.29) is 17.0 Å². The van der Waals surface area contributed by atoms with E-state index in [1.807, 2.05) is 19.1 Å². The molecule has 4 aromatic rings. The van der Waals surface area contributed by atoms with Crippen molar-refractivity contribution in [3.63, 3.8) is 0 Å². The van der Waals surface area contributed by atoms with E-state index in [4.69, 9.17) is 9.40 Å². The van der Waals surface area contributed by atoms with Gasteiger partial charge < -0.3 is 9.73 Å². The molecule has 36 heavy (non-hydrogen) atoms. The first-order chi connectivity index (χ1) is 17.3. The van der Waals surface area contributed by atoms with Crippen LogP contribution in [-0.4, -0.2) is 48.2 Å². The van der Waals surface area contributed by atoms with Crippen LogP contribution in [0.15, 0.2) is 76.6 Å². The molecule has 0 saturated heterocycles. The van der Waals surface area contributed by atoms with Crippen LogP contribution in [-0.2, 0) is 9.84 Å². The topological polar surface area (TPSA) is 130 Å². The lowest BCUT2D eigenvalue weighted by atomic mass is 10.1. The maximum Gasteiger partial charge on any atom is 0.328 e. The lowest BCUT2D eigenvalue weighted by molar-refractivity contribution is 0.255. The minimum Gasteiger partial charge on any atom is -0.444 e. The zero-order chi connectivity index (χ0) is 25.3. The third kappa shape index (κ3) is 4.78. The Hall–Kier alpha value is -4.25. The number of rotatable bonds is 4. The quantitative estimate of drug-likeness (QED) is 0.417. The highest BCUT2D eigenvalue weighted by Crippen LogP contribution is 2.33. The predicted molar refractivity (Wildman–Crippen MR) is 137 cm³/mol. The average molecular weight is 505 g/mol. The summed E-state index contributed by atoms with van der Waals surface area (Å²) in [5.74, 6) is 1.37. The van der Waals surface area contributed by atoms with E-state index in [9.17, 15) is 13.2 Å². The number of amides is 2. The molecule has 4 heterocycles. The number of aromatic nitrogens is 3. The van der Waals surface area contributed by atoms with Gasteiger partial charge in [0.1, 0.15) is 5.82 Å². The van der Waals surface area contributed by atoms with E-state index in [1.54, 1.807) is 53.7 Å². The van der Waals surface area contributed by atoms with Crippen molar-refractivity contribution >= 4 is 33.2 Å². The number of anilines is 3. The fourth-order valence-electron chi connectivity index (χ4n) is 4.05. The zero-order valence-electron chi connectivity index (χ0n) is 19.7. The second-order valence-corrected chi connectivity index (χ2v) is 10.5. The van der Waals surface area contributed by atoms with Crippen LogP contribution in [0.25, 0.3) is 22.6 Å². The molecule has 5 rings (SSSR count). The number of urea groups is 1. The van der Waals surface area contributed by atoms with Crippen molar-refractivity contribution in [1.29, 1.82) is 0 Å². The van der Waals surface area contributed by atoms with Gasteiger partial charge in [0.15, 0.2) is 27.8 Å². The van der Waals surface area contributed by atoms with Crippen LogP contribution in [0.4, 0.5) is 22.1 Å². The number of nitrogens with one attached hydrogen (secondary N) is 2. The van der Waals surface area contributed by atoms with E-state index < -0.39 is 9.84 Å². The number of sulfone groups is 1. The Morgan fingerprint density at radius 3 is 2.81 bits per heavy atom. The van der Waals surface area contributed by atoms with Gasteiger partial charge in [0.2, 0.25) is 0 Å². The molecule has 1 aliphatic heterocycles. The Labute approximate surface area is 208 Å². The number of fused-ring (bicyclic) bond motifs is 1. The molecule has 2 N–H and O–H groups in total. The van der Waals surface area contributed by atoms with Crippen molar-refractivity contribution in [1.82, 2.24) is 15.0 Å². The van der Waals surface area contributed by atoms with Crippen LogP contribution in [0.2, 0.25) is 0 Å². The summed E-state index contributed by atoms with van der Waals surface area (Å²) >= 11 is 0. The van der Waals surface area contributed by atoms with Crippen LogP contribution in [0.5, 0.6) is 0 Å². The standard InChI is InChI=1S/C25H24N6O4S/c1-16-8-10-27-21-7-6-20(17-4-3-5-19(12-17)36(2,33)34)29-24(21)31(16)25(32)30-23-13-18(9-11-28-23)22-14-26-15-35-22/h3-7,9,11-16,27H,8,10H2,1-2H3,(H,28,30,32)/t16-/m1/s1. The van der Waals surface area contributed by atoms with Gasteiger partial charge in [-0.25, -0.2) is 28.2 Å². The van der Waals surface area contributed by atoms with E-state index in [0.29, 0.717) is 47.3 Å². The Morgan fingerprint density at radius 1 is 1.17 bits per heavy atom. The molecule has 0 unspecified atom stereocenters. The van der Waals surface area contributed by atoms with Crippen molar-refractivity contribution in [2.45, 2.75) is 24.3 Å². The molecule has 1 aliphatic rings. The van der Waals surface area contributed by atoms with Gasteiger partial charge >= 0.3 is 6.03 Å². The Balaban J connectivity index is 1.49. The van der Waals surface area contributed by atoms with E-state index in [2.05, 4.69) is 20.6 Å². The van der Waals surface area contributed by atoms with Crippen LogP contribution in [0, 0.1) is 0 Å². The highest BCUT2D eigenvalue weighted by atomic mass is 32.2. The Morgan fingerprint density at radius 2 is 2.03 bits per heavy atom. The molecule has 0 bridgehead atoms. The Kier molecular flexibility index (Phi) is 6.15. The number of oxazole rings is 1. The summed E-state index contributed by atoms with van der Waals surface area (Å²) in [5.41, 5.74) is 2.63. The fourth-order valence-corrected chi connectivity index (χ4v) is 4.71. The number of hydrogen-bond donors (Lipinski definition) is 2. The molecular weight excluding hydrogens is 480 g/mol. The molecule has 11 heteroatoms. The number of nitrogens with zero attached hydrogens (tertiary/aromatic N) is 4. The normalized spacial score (nSPS) is 15.5. The van der Waals surface area contributed by atoms with Crippen LogP contribution in [0.1, 0.15) is 13.3 Å². The zero-order valence-corrected chi connectivity index (χ0v) is 20.5. The second kappa shape index (κ2) is 9.42. The molecule has 0 aliphatic carbocycles. The Bertz CT molecular complexity index is 1520. The molecule has 0 fully saturated rings. The molecule has 0 radical (unpaired) electrons. The minimum absolute atomic E-state index is 0.165. The van der Waals surface area contributed by atoms with Crippen molar-refractivity contribution in [2.75, 3.05) is 28.3 Å². The molecule has 0 spiro atoms. The third-order valence-electron chi connectivity index (χ3n) is 5.91. The molecule has 1 aromatic carbocycles. The third-order valence-corrected chi connectivity index (χ3v) is 7.02. The lowest BCUT2D eigenvalue weighted by Gasteiger charge is -2.27. The first-order valence-electron chi connectivity index (χ1n) is 11.3. The summed E-state index contributed by atoms with van der Waals surface area (Å²) < 4.78 is 29.4. The van der Waals surface area contributed by atoms with Crippen molar-refractivity contribution in [2.24, 2.45) is 0 Å². The summed E-state index contributed by atoms with van der Waals surface area (Å²) in [7, 11) is -3.38. The number of benzene rings is 1. The van der Waals surface area contributed by atoms with Crippen LogP contribution >= 0.6 is 0 Å². The van der Waals surface area contributed by atoms with Gasteiger partial charge in [-0.2, -0.15) is 0 Å². The van der Waals surface area contributed by atoms with Gasteiger partial charge in [-0.1, -0.05) is 12.1 Å². The molecule has 3 aromatic heterocycles. The highest BCUT2D eigenvalue weighted by molar-refractivity contribution is 7.90.